The smallest absolute Gasteiger partial charge is 0.320 e. The van der Waals surface area contributed by atoms with Gasteiger partial charge in [-0.1, -0.05) is 0 Å². The fourth-order valence-electron chi connectivity index (χ4n) is 1.28. The van der Waals surface area contributed by atoms with Gasteiger partial charge in [0.2, 0.25) is 0 Å². The summed E-state index contributed by atoms with van der Waals surface area (Å²) in [5, 5.41) is 2.51. The van der Waals surface area contributed by atoms with E-state index >= 15 is 0 Å². The molecule has 0 aromatic heterocycles. The average Bonchev–Trinajstić information content (AvgIpc) is 2.55. The second-order valence-corrected chi connectivity index (χ2v) is 5.28. The third-order valence-electron chi connectivity index (χ3n) is 2.07. The molecule has 1 fully saturated rings. The molecule has 1 aliphatic rings. The molecule has 1 unspecified atom stereocenters. The SMILES string of the molecule is COC(=O)CS(=O)(=O)C1CCNC1. The van der Waals surface area contributed by atoms with Gasteiger partial charge in [0.1, 0.15) is 5.75 Å². The van der Waals surface area contributed by atoms with Crippen LogP contribution in [0.3, 0.4) is 0 Å². The highest BCUT2D eigenvalue weighted by Gasteiger charge is 2.30. The van der Waals surface area contributed by atoms with Crippen molar-refractivity contribution in [1.29, 1.82) is 0 Å². The Bertz CT molecular complexity index is 279. The monoisotopic (exact) mass is 207 g/mol. The van der Waals surface area contributed by atoms with Crippen molar-refractivity contribution in [2.24, 2.45) is 0 Å². The lowest BCUT2D eigenvalue weighted by Gasteiger charge is -2.08. The number of sulfone groups is 1. The number of carbonyl (C=O) groups is 1. The molecule has 1 atom stereocenters. The van der Waals surface area contributed by atoms with E-state index in [0.717, 1.165) is 0 Å². The van der Waals surface area contributed by atoms with Crippen molar-refractivity contribution in [3.05, 3.63) is 0 Å². The van der Waals surface area contributed by atoms with E-state index in [1.54, 1.807) is 0 Å². The van der Waals surface area contributed by atoms with Gasteiger partial charge in [0.15, 0.2) is 9.84 Å². The Morgan fingerprint density at radius 3 is 2.77 bits per heavy atom. The minimum absolute atomic E-state index is 0.424. The van der Waals surface area contributed by atoms with Gasteiger partial charge < -0.3 is 10.1 Å². The summed E-state index contributed by atoms with van der Waals surface area (Å²) in [5.74, 6) is -1.19. The number of methoxy groups -OCH3 is 1. The third kappa shape index (κ3) is 2.67. The van der Waals surface area contributed by atoms with Crippen molar-refractivity contribution in [2.45, 2.75) is 11.7 Å². The van der Waals surface area contributed by atoms with Crippen LogP contribution in [0, 0.1) is 0 Å². The summed E-state index contributed by atoms with van der Waals surface area (Å²) in [6.45, 7) is 1.14. The number of hydrogen-bond acceptors (Lipinski definition) is 5. The molecule has 1 N–H and O–H groups in total. The Morgan fingerprint density at radius 1 is 1.62 bits per heavy atom. The quantitative estimate of drug-likeness (QED) is 0.597. The molecule has 0 amide bonds. The highest BCUT2D eigenvalue weighted by molar-refractivity contribution is 7.92. The first kappa shape index (κ1) is 10.5. The van der Waals surface area contributed by atoms with Crippen molar-refractivity contribution >= 4 is 15.8 Å². The van der Waals surface area contributed by atoms with E-state index in [4.69, 9.17) is 0 Å². The van der Waals surface area contributed by atoms with E-state index in [1.165, 1.54) is 7.11 Å². The van der Waals surface area contributed by atoms with Crippen molar-refractivity contribution in [1.82, 2.24) is 5.32 Å². The first-order chi connectivity index (χ1) is 6.06. The molecule has 0 radical (unpaired) electrons. The highest BCUT2D eigenvalue weighted by Crippen LogP contribution is 2.10. The zero-order valence-corrected chi connectivity index (χ0v) is 8.26. The largest absolute Gasteiger partial charge is 0.468 e. The zero-order valence-electron chi connectivity index (χ0n) is 7.45. The van der Waals surface area contributed by atoms with Gasteiger partial charge in [0, 0.05) is 6.54 Å². The summed E-state index contributed by atoms with van der Waals surface area (Å²) >= 11 is 0. The molecule has 0 bridgehead atoms. The molecule has 0 saturated carbocycles. The van der Waals surface area contributed by atoms with Crippen LogP contribution in [-0.4, -0.2) is 45.6 Å². The molecule has 0 spiro atoms. The Kier molecular flexibility index (Phi) is 3.27. The van der Waals surface area contributed by atoms with Crippen molar-refractivity contribution in [3.8, 4) is 0 Å². The van der Waals surface area contributed by atoms with Gasteiger partial charge in [-0.25, -0.2) is 8.42 Å². The number of nitrogens with one attached hydrogen (secondary N) is 1. The van der Waals surface area contributed by atoms with Crippen LogP contribution in [0.1, 0.15) is 6.42 Å². The summed E-state index contributed by atoms with van der Waals surface area (Å²) in [4.78, 5) is 10.8. The lowest BCUT2D eigenvalue weighted by molar-refractivity contribution is -0.137. The van der Waals surface area contributed by atoms with Gasteiger partial charge in [0.25, 0.3) is 0 Å². The van der Waals surface area contributed by atoms with E-state index in [-0.39, 0.29) is 0 Å². The van der Waals surface area contributed by atoms with Crippen LogP contribution in [0.5, 0.6) is 0 Å². The van der Waals surface area contributed by atoms with Gasteiger partial charge in [-0.15, -0.1) is 0 Å². The van der Waals surface area contributed by atoms with E-state index in [0.29, 0.717) is 19.5 Å². The lowest BCUT2D eigenvalue weighted by atomic mass is 10.4. The van der Waals surface area contributed by atoms with Gasteiger partial charge in [0.05, 0.1) is 12.4 Å². The molecule has 1 aliphatic heterocycles. The number of carbonyl (C=O) groups excluding carboxylic acids is 1. The van der Waals surface area contributed by atoms with Crippen LogP contribution in [0.2, 0.25) is 0 Å². The Morgan fingerprint density at radius 2 is 2.31 bits per heavy atom. The minimum Gasteiger partial charge on any atom is -0.468 e. The van der Waals surface area contributed by atoms with Gasteiger partial charge in [-0.3, -0.25) is 4.79 Å². The number of rotatable bonds is 3. The van der Waals surface area contributed by atoms with Crippen LogP contribution in [0.15, 0.2) is 0 Å². The van der Waals surface area contributed by atoms with Gasteiger partial charge in [-0.05, 0) is 13.0 Å². The van der Waals surface area contributed by atoms with Crippen LogP contribution in [0.25, 0.3) is 0 Å². The van der Waals surface area contributed by atoms with E-state index < -0.39 is 26.8 Å². The van der Waals surface area contributed by atoms with Gasteiger partial charge >= 0.3 is 5.97 Å². The van der Waals surface area contributed by atoms with Gasteiger partial charge in [-0.2, -0.15) is 0 Å². The topological polar surface area (TPSA) is 72.5 Å². The van der Waals surface area contributed by atoms with Crippen molar-refractivity contribution in [3.63, 3.8) is 0 Å². The van der Waals surface area contributed by atoms with Crippen LogP contribution >= 0.6 is 0 Å². The molecule has 76 valence electrons. The maximum absolute atomic E-state index is 11.5. The average molecular weight is 207 g/mol. The maximum atomic E-state index is 11.5. The number of esters is 1. The van der Waals surface area contributed by atoms with Crippen LogP contribution in [-0.2, 0) is 19.4 Å². The third-order valence-corrected chi connectivity index (χ3v) is 4.13. The Hall–Kier alpha value is -0.620. The predicted octanol–water partition coefficient (Wildman–Crippen LogP) is -1.06. The number of ether oxygens (including phenoxy) is 1. The van der Waals surface area contributed by atoms with E-state index in [9.17, 15) is 13.2 Å². The zero-order chi connectivity index (χ0) is 9.90. The summed E-state index contributed by atoms with van der Waals surface area (Å²) in [6.07, 6.45) is 0.583. The molecule has 6 heteroatoms. The molecule has 1 saturated heterocycles. The summed E-state index contributed by atoms with van der Waals surface area (Å²) in [6, 6.07) is 0. The minimum atomic E-state index is -3.31. The molecule has 1 rings (SSSR count). The predicted molar refractivity (Wildman–Crippen MR) is 47.1 cm³/mol. The van der Waals surface area contributed by atoms with E-state index in [2.05, 4.69) is 10.1 Å². The summed E-state index contributed by atoms with van der Waals surface area (Å²) < 4.78 is 27.2. The van der Waals surface area contributed by atoms with Crippen LogP contribution in [0.4, 0.5) is 0 Å². The molecule has 0 aliphatic carbocycles. The molecule has 0 aromatic rings. The first-order valence-electron chi connectivity index (χ1n) is 4.05. The molecule has 0 aromatic carbocycles. The normalized spacial score (nSPS) is 23.0. The van der Waals surface area contributed by atoms with Crippen molar-refractivity contribution in [2.75, 3.05) is 26.0 Å². The Labute approximate surface area is 77.4 Å². The second-order valence-electron chi connectivity index (χ2n) is 3.00. The number of hydrogen-bond donors (Lipinski definition) is 1. The standard InChI is InChI=1S/C7H13NO4S/c1-12-7(9)5-13(10,11)6-2-3-8-4-6/h6,8H,2-5H2,1H3. The van der Waals surface area contributed by atoms with Crippen LogP contribution < -0.4 is 5.32 Å². The highest BCUT2D eigenvalue weighted by atomic mass is 32.2. The molecule has 5 nitrogen and oxygen atoms in total. The van der Waals surface area contributed by atoms with Crippen molar-refractivity contribution < 1.29 is 17.9 Å². The molecular weight excluding hydrogens is 194 g/mol. The lowest BCUT2D eigenvalue weighted by Crippen LogP contribution is -2.30. The second kappa shape index (κ2) is 4.06. The summed E-state index contributed by atoms with van der Waals surface area (Å²) in [7, 11) is -2.12. The fraction of sp³-hybridized carbons (Fsp3) is 0.857. The fourth-order valence-corrected chi connectivity index (χ4v) is 2.81. The molecular formula is C7H13NO4S. The van der Waals surface area contributed by atoms with E-state index in [1.807, 2.05) is 0 Å². The molecule has 1 heterocycles. The Balaban J connectivity index is 2.60. The molecule has 13 heavy (non-hydrogen) atoms. The maximum Gasteiger partial charge on any atom is 0.320 e. The summed E-state index contributed by atoms with van der Waals surface area (Å²) in [5.41, 5.74) is 0. The first-order valence-corrected chi connectivity index (χ1v) is 5.77.